The maximum atomic E-state index is 11.9. The van der Waals surface area contributed by atoms with Gasteiger partial charge in [0.1, 0.15) is 17.3 Å². The minimum absolute atomic E-state index is 0.00669. The van der Waals surface area contributed by atoms with Crippen LogP contribution in [0, 0.1) is 28.1 Å². The van der Waals surface area contributed by atoms with E-state index in [2.05, 4.69) is 13.8 Å². The normalized spacial score (nSPS) is 23.2. The molecule has 3 heteroatoms. The maximum Gasteiger partial charge on any atom is 0.138 e. The van der Waals surface area contributed by atoms with Crippen LogP contribution >= 0.6 is 0 Å². The van der Waals surface area contributed by atoms with Gasteiger partial charge in [-0.15, -0.1) is 0 Å². The predicted molar refractivity (Wildman–Crippen MR) is 95.3 cm³/mol. The third-order valence-corrected chi connectivity index (χ3v) is 5.29. The van der Waals surface area contributed by atoms with Gasteiger partial charge in [0.2, 0.25) is 0 Å². The summed E-state index contributed by atoms with van der Waals surface area (Å²) in [6, 6.07) is 0. The Balaban J connectivity index is 0.000000585. The topological polar surface area (TPSA) is 51.2 Å². The lowest BCUT2D eigenvalue weighted by molar-refractivity contribution is -0.142. The number of ketones is 3. The van der Waals surface area contributed by atoms with E-state index >= 15 is 0 Å². The Morgan fingerprint density at radius 2 is 1.30 bits per heavy atom. The van der Waals surface area contributed by atoms with Crippen LogP contribution in [0.5, 0.6) is 0 Å². The molecule has 0 aliphatic heterocycles. The molecule has 0 heterocycles. The average Bonchev–Trinajstić information content (AvgIpc) is 2.31. The van der Waals surface area contributed by atoms with E-state index in [1.54, 1.807) is 13.8 Å². The molecule has 3 nitrogen and oxygen atoms in total. The Bertz CT molecular complexity index is 458. The van der Waals surface area contributed by atoms with Crippen LogP contribution in [0.3, 0.4) is 0 Å². The highest BCUT2D eigenvalue weighted by atomic mass is 16.1. The van der Waals surface area contributed by atoms with Crippen molar-refractivity contribution in [1.82, 2.24) is 0 Å². The third kappa shape index (κ3) is 6.19. The van der Waals surface area contributed by atoms with Crippen LogP contribution in [0.1, 0.15) is 82.1 Å². The highest BCUT2D eigenvalue weighted by Crippen LogP contribution is 2.53. The summed E-state index contributed by atoms with van der Waals surface area (Å²) < 4.78 is 0. The largest absolute Gasteiger partial charge is 0.300 e. The van der Waals surface area contributed by atoms with Crippen molar-refractivity contribution < 1.29 is 14.4 Å². The van der Waals surface area contributed by atoms with E-state index in [1.807, 2.05) is 41.5 Å². The van der Waals surface area contributed by atoms with Crippen molar-refractivity contribution in [2.75, 3.05) is 0 Å². The van der Waals surface area contributed by atoms with Gasteiger partial charge in [0.25, 0.3) is 0 Å². The molecular weight excluding hydrogens is 288 g/mol. The molecule has 0 radical (unpaired) electrons. The van der Waals surface area contributed by atoms with E-state index < -0.39 is 0 Å². The SMILES string of the molecule is CC(=O)C(C)(C)C.CC(=O)C1CC(CC(=O)C(C)(C)C)C1(C)C. The van der Waals surface area contributed by atoms with Crippen molar-refractivity contribution in [3.05, 3.63) is 0 Å². The summed E-state index contributed by atoms with van der Waals surface area (Å²) in [5, 5.41) is 0. The minimum atomic E-state index is -0.253. The molecule has 1 rings (SSSR count). The predicted octanol–water partition coefficient (Wildman–Crippen LogP) is 4.86. The Morgan fingerprint density at radius 1 is 0.913 bits per heavy atom. The van der Waals surface area contributed by atoms with E-state index in [1.165, 1.54) is 0 Å². The number of carbonyl (C=O) groups is 3. The molecule has 0 spiro atoms. The summed E-state index contributed by atoms with van der Waals surface area (Å²) in [6.07, 6.45) is 1.52. The lowest BCUT2D eigenvalue weighted by Gasteiger charge is -2.51. The van der Waals surface area contributed by atoms with E-state index in [0.717, 1.165) is 6.42 Å². The molecule has 0 aromatic rings. The molecule has 0 N–H and O–H groups in total. The molecule has 1 aliphatic carbocycles. The first-order valence-corrected chi connectivity index (χ1v) is 8.56. The van der Waals surface area contributed by atoms with Crippen molar-refractivity contribution in [1.29, 1.82) is 0 Å². The van der Waals surface area contributed by atoms with Crippen LogP contribution in [0.25, 0.3) is 0 Å². The van der Waals surface area contributed by atoms with E-state index in [0.29, 0.717) is 18.1 Å². The van der Waals surface area contributed by atoms with E-state index in [4.69, 9.17) is 0 Å². The van der Waals surface area contributed by atoms with E-state index in [9.17, 15) is 14.4 Å². The Labute approximate surface area is 142 Å². The second-order valence-electron chi connectivity index (χ2n) is 9.60. The van der Waals surface area contributed by atoms with Gasteiger partial charge in [0.15, 0.2) is 0 Å². The molecule has 0 bridgehead atoms. The van der Waals surface area contributed by atoms with Gasteiger partial charge in [-0.3, -0.25) is 14.4 Å². The first kappa shape index (κ1) is 22.0. The van der Waals surface area contributed by atoms with Crippen LogP contribution in [-0.4, -0.2) is 17.3 Å². The van der Waals surface area contributed by atoms with Crippen molar-refractivity contribution >= 4 is 17.3 Å². The highest BCUT2D eigenvalue weighted by Gasteiger charge is 2.50. The maximum absolute atomic E-state index is 11.9. The van der Waals surface area contributed by atoms with Gasteiger partial charge in [-0.2, -0.15) is 0 Å². The second kappa shape index (κ2) is 7.27. The zero-order chi connectivity index (χ0) is 18.8. The van der Waals surface area contributed by atoms with Crippen LogP contribution < -0.4 is 0 Å². The first-order valence-electron chi connectivity index (χ1n) is 8.56. The van der Waals surface area contributed by atoms with Crippen molar-refractivity contribution in [2.24, 2.45) is 28.1 Å². The fourth-order valence-electron chi connectivity index (χ4n) is 2.58. The zero-order valence-electron chi connectivity index (χ0n) is 16.8. The Hall–Kier alpha value is -0.990. The molecule has 23 heavy (non-hydrogen) atoms. The lowest BCUT2D eigenvalue weighted by atomic mass is 9.52. The molecule has 1 saturated carbocycles. The van der Waals surface area contributed by atoms with Gasteiger partial charge in [-0.25, -0.2) is 0 Å². The highest BCUT2D eigenvalue weighted by molar-refractivity contribution is 5.85. The molecule has 134 valence electrons. The van der Waals surface area contributed by atoms with Crippen LogP contribution in [0.4, 0.5) is 0 Å². The molecule has 1 fully saturated rings. The quantitative estimate of drug-likeness (QED) is 0.744. The molecule has 2 unspecified atom stereocenters. The fourth-order valence-corrected chi connectivity index (χ4v) is 2.58. The number of carbonyl (C=O) groups excluding carboxylic acids is 3. The molecule has 1 aliphatic rings. The molecule has 0 amide bonds. The summed E-state index contributed by atoms with van der Waals surface area (Å²) in [5.41, 5.74) is -0.385. The summed E-state index contributed by atoms with van der Waals surface area (Å²) >= 11 is 0. The molecule has 0 saturated heterocycles. The summed E-state index contributed by atoms with van der Waals surface area (Å²) in [5.74, 6) is 1.36. The number of rotatable bonds is 3. The molecule has 2 atom stereocenters. The van der Waals surface area contributed by atoms with Gasteiger partial charge in [0.05, 0.1) is 0 Å². The number of Topliss-reactive ketones (excluding diaryl/α,β-unsaturated/α-hetero) is 3. The minimum Gasteiger partial charge on any atom is -0.300 e. The lowest BCUT2D eigenvalue weighted by Crippen LogP contribution is -2.49. The summed E-state index contributed by atoms with van der Waals surface area (Å²) in [4.78, 5) is 33.8. The molecule has 0 aromatic heterocycles. The van der Waals surface area contributed by atoms with Crippen molar-refractivity contribution in [3.63, 3.8) is 0 Å². The molecule has 0 aromatic carbocycles. The Morgan fingerprint density at radius 3 is 1.52 bits per heavy atom. The smallest absolute Gasteiger partial charge is 0.138 e. The van der Waals surface area contributed by atoms with Crippen molar-refractivity contribution in [3.8, 4) is 0 Å². The Kier molecular flexibility index (Phi) is 6.96. The number of hydrogen-bond acceptors (Lipinski definition) is 3. The van der Waals surface area contributed by atoms with Gasteiger partial charge >= 0.3 is 0 Å². The van der Waals surface area contributed by atoms with Crippen LogP contribution in [-0.2, 0) is 14.4 Å². The summed E-state index contributed by atoms with van der Waals surface area (Å²) in [7, 11) is 0. The van der Waals surface area contributed by atoms with E-state index in [-0.39, 0.29) is 33.7 Å². The van der Waals surface area contributed by atoms with Crippen LogP contribution in [0.2, 0.25) is 0 Å². The van der Waals surface area contributed by atoms with Crippen molar-refractivity contribution in [2.45, 2.75) is 82.1 Å². The average molecular weight is 325 g/mol. The van der Waals surface area contributed by atoms with Gasteiger partial charge in [0, 0.05) is 23.2 Å². The fraction of sp³-hybridized carbons (Fsp3) is 0.850. The zero-order valence-corrected chi connectivity index (χ0v) is 16.8. The monoisotopic (exact) mass is 324 g/mol. The number of hydrogen-bond donors (Lipinski definition) is 0. The second-order valence-corrected chi connectivity index (χ2v) is 9.60. The van der Waals surface area contributed by atoms with Gasteiger partial charge < -0.3 is 0 Å². The third-order valence-electron chi connectivity index (χ3n) is 5.29. The molecular formula is C20H36O3. The van der Waals surface area contributed by atoms with Gasteiger partial charge in [-0.1, -0.05) is 55.4 Å². The first-order chi connectivity index (χ1) is 10.0. The standard InChI is InChI=1S/C14H24O2.C6H12O/c1-9(15)11-7-10(14(11,5)6)8-12(16)13(2,3)4;1-5(7)6(2,3)4/h10-11H,7-8H2,1-6H3;1-4H3. The van der Waals surface area contributed by atoms with Crippen LogP contribution in [0.15, 0.2) is 0 Å². The summed E-state index contributed by atoms with van der Waals surface area (Å²) in [6.45, 7) is 19.1. The van der Waals surface area contributed by atoms with Gasteiger partial charge in [-0.05, 0) is 31.6 Å².